The van der Waals surface area contributed by atoms with Crippen molar-refractivity contribution >= 4 is 34.8 Å². The first-order valence-corrected chi connectivity index (χ1v) is 10.8. The number of carbonyl (C=O) groups excluding carboxylic acids is 1. The molecule has 4 rings (SSSR count). The van der Waals surface area contributed by atoms with E-state index in [4.69, 9.17) is 26.4 Å². The van der Waals surface area contributed by atoms with Crippen LogP contribution >= 0.6 is 12.2 Å². The molecule has 3 N–H and O–H groups in total. The van der Waals surface area contributed by atoms with E-state index in [-0.39, 0.29) is 24.9 Å². The summed E-state index contributed by atoms with van der Waals surface area (Å²) < 4.78 is 17.3. The summed E-state index contributed by atoms with van der Waals surface area (Å²) in [6, 6.07) is 17.3. The van der Waals surface area contributed by atoms with Gasteiger partial charge in [-0.05, 0) is 48.0 Å². The van der Waals surface area contributed by atoms with Crippen molar-refractivity contribution in [1.82, 2.24) is 5.32 Å². The van der Waals surface area contributed by atoms with Gasteiger partial charge in [0.15, 0.2) is 11.2 Å². The molecule has 8 heteroatoms. The topological polar surface area (TPSA) is 80.9 Å². The van der Waals surface area contributed by atoms with Gasteiger partial charge in [-0.25, -0.2) is 4.79 Å². The molecule has 2 saturated heterocycles. The highest BCUT2D eigenvalue weighted by Gasteiger charge is 2.49. The third-order valence-electron chi connectivity index (χ3n) is 5.44. The van der Waals surface area contributed by atoms with E-state index in [0.29, 0.717) is 23.3 Å². The van der Waals surface area contributed by atoms with Crippen LogP contribution in [0, 0.1) is 0 Å². The van der Waals surface area contributed by atoms with Crippen molar-refractivity contribution in [3.63, 3.8) is 0 Å². The molecule has 0 bridgehead atoms. The minimum absolute atomic E-state index is 0.117. The number of ether oxygens (including phenoxy) is 3. The van der Waals surface area contributed by atoms with Gasteiger partial charge in [0.25, 0.3) is 0 Å². The molecule has 0 saturated carbocycles. The van der Waals surface area contributed by atoms with Gasteiger partial charge in [0.1, 0.15) is 12.2 Å². The van der Waals surface area contributed by atoms with Crippen LogP contribution in [-0.4, -0.2) is 48.8 Å². The van der Waals surface area contributed by atoms with Crippen molar-refractivity contribution in [2.45, 2.75) is 44.1 Å². The zero-order valence-electron chi connectivity index (χ0n) is 17.5. The number of hydrogen-bond acceptors (Lipinski definition) is 5. The van der Waals surface area contributed by atoms with E-state index in [2.05, 4.69) is 29.8 Å². The molecule has 0 unspecified atom stereocenters. The SMILES string of the molecule is CC(C)c1ccc(NC(=O)O[C@@H]2CO[C@H]3[C@@H]2OC[C@@H]3NC(=S)Nc2ccccc2)cc1. The Kier molecular flexibility index (Phi) is 6.70. The van der Waals surface area contributed by atoms with Crippen LogP contribution in [0.25, 0.3) is 0 Å². The first kappa shape index (κ1) is 21.5. The molecule has 0 aliphatic carbocycles. The lowest BCUT2D eigenvalue weighted by molar-refractivity contribution is 0.00880. The van der Waals surface area contributed by atoms with E-state index in [9.17, 15) is 4.79 Å². The Morgan fingerprint density at radius 2 is 1.65 bits per heavy atom. The molecule has 2 aliphatic rings. The summed E-state index contributed by atoms with van der Waals surface area (Å²) in [4.78, 5) is 12.3. The molecule has 31 heavy (non-hydrogen) atoms. The highest BCUT2D eigenvalue weighted by molar-refractivity contribution is 7.80. The molecular weight excluding hydrogens is 414 g/mol. The molecule has 0 spiro atoms. The van der Waals surface area contributed by atoms with Crippen LogP contribution in [0.5, 0.6) is 0 Å². The first-order chi connectivity index (χ1) is 15.0. The number of anilines is 2. The summed E-state index contributed by atoms with van der Waals surface area (Å²) >= 11 is 5.40. The Morgan fingerprint density at radius 1 is 0.968 bits per heavy atom. The fourth-order valence-electron chi connectivity index (χ4n) is 3.78. The zero-order chi connectivity index (χ0) is 21.8. The molecule has 7 nitrogen and oxygen atoms in total. The fraction of sp³-hybridized carbons (Fsp3) is 0.391. The second-order valence-corrected chi connectivity index (χ2v) is 8.42. The quantitative estimate of drug-likeness (QED) is 0.608. The van der Waals surface area contributed by atoms with Crippen LogP contribution in [0.4, 0.5) is 16.2 Å². The van der Waals surface area contributed by atoms with Crippen LogP contribution in [0.1, 0.15) is 25.3 Å². The van der Waals surface area contributed by atoms with E-state index in [1.165, 1.54) is 5.56 Å². The molecule has 0 radical (unpaired) electrons. The molecule has 2 fully saturated rings. The molecular formula is C23H27N3O4S. The summed E-state index contributed by atoms with van der Waals surface area (Å²) in [5.41, 5.74) is 2.81. The van der Waals surface area contributed by atoms with Crippen molar-refractivity contribution in [1.29, 1.82) is 0 Å². The minimum atomic E-state index is -0.521. The van der Waals surface area contributed by atoms with Gasteiger partial charge in [0, 0.05) is 11.4 Å². The maximum absolute atomic E-state index is 12.3. The van der Waals surface area contributed by atoms with E-state index >= 15 is 0 Å². The summed E-state index contributed by atoms with van der Waals surface area (Å²) in [6.07, 6.45) is -1.56. The molecule has 164 valence electrons. The molecule has 1 amide bonds. The van der Waals surface area contributed by atoms with Gasteiger partial charge in [-0.1, -0.05) is 44.2 Å². The number of thiocarbonyl (C=S) groups is 1. The van der Waals surface area contributed by atoms with Crippen LogP contribution in [0.3, 0.4) is 0 Å². The van der Waals surface area contributed by atoms with E-state index in [1.807, 2.05) is 54.6 Å². The fourth-order valence-corrected chi connectivity index (χ4v) is 4.05. The Morgan fingerprint density at radius 3 is 2.35 bits per heavy atom. The molecule has 2 aromatic rings. The van der Waals surface area contributed by atoms with Gasteiger partial charge in [-0.2, -0.15) is 0 Å². The maximum Gasteiger partial charge on any atom is 0.412 e. The van der Waals surface area contributed by atoms with Crippen LogP contribution in [-0.2, 0) is 14.2 Å². The van der Waals surface area contributed by atoms with E-state index in [0.717, 1.165) is 5.69 Å². The van der Waals surface area contributed by atoms with Gasteiger partial charge >= 0.3 is 6.09 Å². The number of amides is 1. The lowest BCUT2D eigenvalue weighted by Gasteiger charge is -2.20. The Hall–Kier alpha value is -2.68. The Balaban J connectivity index is 1.26. The van der Waals surface area contributed by atoms with Crippen molar-refractivity contribution < 1.29 is 19.0 Å². The number of benzene rings is 2. The van der Waals surface area contributed by atoms with Gasteiger partial charge in [0.05, 0.1) is 19.3 Å². The zero-order valence-corrected chi connectivity index (χ0v) is 18.4. The van der Waals surface area contributed by atoms with E-state index < -0.39 is 12.2 Å². The Labute approximate surface area is 187 Å². The van der Waals surface area contributed by atoms with Gasteiger partial charge in [0.2, 0.25) is 0 Å². The highest BCUT2D eigenvalue weighted by atomic mass is 32.1. The summed E-state index contributed by atoms with van der Waals surface area (Å²) in [7, 11) is 0. The van der Waals surface area contributed by atoms with Gasteiger partial charge < -0.3 is 24.8 Å². The van der Waals surface area contributed by atoms with Crippen molar-refractivity contribution in [2.75, 3.05) is 23.8 Å². The normalized spacial score (nSPS) is 24.5. The molecule has 2 aliphatic heterocycles. The molecule has 0 aromatic heterocycles. The number of fused-ring (bicyclic) bond motifs is 1. The highest BCUT2D eigenvalue weighted by Crippen LogP contribution is 2.29. The molecule has 4 atom stereocenters. The number of hydrogen-bond donors (Lipinski definition) is 3. The van der Waals surface area contributed by atoms with E-state index in [1.54, 1.807) is 0 Å². The summed E-state index contributed by atoms with van der Waals surface area (Å²) in [5.74, 6) is 0.436. The predicted octanol–water partition coefficient (Wildman–Crippen LogP) is 3.88. The standard InChI is InChI=1S/C23H27N3O4S/c1-14(2)15-8-10-17(11-9-15)25-23(27)30-19-13-29-20-18(12-28-21(19)20)26-22(31)24-16-6-4-3-5-7-16/h3-11,14,18-21H,12-13H2,1-2H3,(H,25,27)(H2,24,26,31)/t18-,19+,20+,21+/m0/s1. The predicted molar refractivity (Wildman–Crippen MR) is 123 cm³/mol. The van der Waals surface area contributed by atoms with Crippen LogP contribution in [0.15, 0.2) is 54.6 Å². The molecule has 2 heterocycles. The largest absolute Gasteiger partial charge is 0.441 e. The smallest absolute Gasteiger partial charge is 0.412 e. The number of rotatable bonds is 5. The summed E-state index contributed by atoms with van der Waals surface area (Å²) in [6.45, 7) is 4.96. The second-order valence-electron chi connectivity index (χ2n) is 8.01. The lowest BCUT2D eigenvalue weighted by atomic mass is 10.0. The van der Waals surface area contributed by atoms with Crippen molar-refractivity contribution in [3.05, 3.63) is 60.2 Å². The average molecular weight is 442 g/mol. The van der Waals surface area contributed by atoms with Crippen LogP contribution < -0.4 is 16.0 Å². The van der Waals surface area contributed by atoms with Gasteiger partial charge in [-0.3, -0.25) is 5.32 Å². The number of carbonyl (C=O) groups is 1. The first-order valence-electron chi connectivity index (χ1n) is 10.4. The lowest BCUT2D eigenvalue weighted by Crippen LogP contribution is -2.46. The minimum Gasteiger partial charge on any atom is -0.441 e. The van der Waals surface area contributed by atoms with Crippen LogP contribution in [0.2, 0.25) is 0 Å². The summed E-state index contributed by atoms with van der Waals surface area (Å²) in [5, 5.41) is 9.65. The maximum atomic E-state index is 12.3. The second kappa shape index (κ2) is 9.64. The number of para-hydroxylation sites is 1. The van der Waals surface area contributed by atoms with Crippen molar-refractivity contribution in [3.8, 4) is 0 Å². The monoisotopic (exact) mass is 441 g/mol. The molecule has 2 aromatic carbocycles. The average Bonchev–Trinajstić information content (AvgIpc) is 3.32. The van der Waals surface area contributed by atoms with Gasteiger partial charge in [-0.15, -0.1) is 0 Å². The number of nitrogens with one attached hydrogen (secondary N) is 3. The third-order valence-corrected chi connectivity index (χ3v) is 5.66. The van der Waals surface area contributed by atoms with Crippen molar-refractivity contribution in [2.24, 2.45) is 0 Å². The Bertz CT molecular complexity index is 907. The third kappa shape index (κ3) is 5.33.